The maximum Gasteiger partial charge on any atom is 0.0695 e. The van der Waals surface area contributed by atoms with Gasteiger partial charge in [0.1, 0.15) is 0 Å². The zero-order valence-corrected chi connectivity index (χ0v) is 23.1. The molecule has 4 rings (SSSR count). The number of benzene rings is 2. The van der Waals surface area contributed by atoms with E-state index >= 15 is 0 Å². The minimum absolute atomic E-state index is 0.266. The van der Waals surface area contributed by atoms with Gasteiger partial charge in [-0.3, -0.25) is 9.97 Å². The summed E-state index contributed by atoms with van der Waals surface area (Å²) in [6.07, 6.45) is 5.91. The summed E-state index contributed by atoms with van der Waals surface area (Å²) in [4.78, 5) is 9.55. The number of pyridine rings is 2. The molecule has 0 saturated heterocycles. The van der Waals surface area contributed by atoms with Crippen LogP contribution in [0.25, 0.3) is 10.8 Å². The summed E-state index contributed by atoms with van der Waals surface area (Å²) >= 11 is 0. The average Bonchev–Trinajstić information content (AvgIpc) is 2.81. The molecule has 2 heterocycles. The van der Waals surface area contributed by atoms with Crippen LogP contribution in [0.2, 0.25) is 0 Å². The van der Waals surface area contributed by atoms with E-state index in [9.17, 15) is 0 Å². The lowest BCUT2D eigenvalue weighted by Crippen LogP contribution is -2.26. The summed E-state index contributed by atoms with van der Waals surface area (Å²) in [6.45, 7) is 14.5. The smallest absolute Gasteiger partial charge is 0.0695 e. The van der Waals surface area contributed by atoms with Crippen LogP contribution in [0.5, 0.6) is 0 Å². The van der Waals surface area contributed by atoms with Crippen LogP contribution in [0.15, 0.2) is 85.2 Å². The number of aromatic nitrogens is 2. The van der Waals surface area contributed by atoms with Crippen LogP contribution >= 0.6 is 15.8 Å². The first-order valence-electron chi connectivity index (χ1n) is 12.0. The summed E-state index contributed by atoms with van der Waals surface area (Å²) in [7, 11) is -0.961. The Kier molecular flexibility index (Phi) is 7.51. The average molecular weight is 487 g/mol. The molecule has 0 atom stereocenters. The molecule has 2 aromatic heterocycles. The van der Waals surface area contributed by atoms with Gasteiger partial charge >= 0.3 is 0 Å². The van der Waals surface area contributed by atoms with Crippen molar-refractivity contribution in [3.05, 3.63) is 96.3 Å². The van der Waals surface area contributed by atoms with E-state index in [4.69, 9.17) is 9.97 Å². The molecule has 0 spiro atoms. The van der Waals surface area contributed by atoms with Crippen LogP contribution in [0.3, 0.4) is 0 Å². The van der Waals surface area contributed by atoms with Crippen LogP contribution in [-0.2, 0) is 12.3 Å². The first kappa shape index (κ1) is 25.0. The van der Waals surface area contributed by atoms with Crippen molar-refractivity contribution in [2.75, 3.05) is 0 Å². The van der Waals surface area contributed by atoms with Gasteiger partial charge in [-0.15, -0.1) is 0 Å². The largest absolute Gasteiger partial charge is 0.256 e. The fourth-order valence-corrected chi connectivity index (χ4v) is 10.6. The van der Waals surface area contributed by atoms with Crippen molar-refractivity contribution in [3.63, 3.8) is 0 Å². The molecule has 34 heavy (non-hydrogen) atoms. The lowest BCUT2D eigenvalue weighted by molar-refractivity contribution is 0.703. The Labute approximate surface area is 207 Å². The molecule has 2 nitrogen and oxygen atoms in total. The number of hydrogen-bond acceptors (Lipinski definition) is 2. The standard InChI is InChI=1S/C30H36N2P2/c1-29(2,3)34(30(4,5)6)22-26-24(18-17-23-13-7-8-14-25(23)26)21-33(27-15-9-11-19-31-27)28-16-10-12-20-32-28/h7-20H,21-22H2,1-6H3. The van der Waals surface area contributed by atoms with E-state index in [2.05, 4.69) is 102 Å². The molecule has 0 radical (unpaired) electrons. The predicted molar refractivity (Wildman–Crippen MR) is 152 cm³/mol. The zero-order valence-electron chi connectivity index (χ0n) is 21.3. The van der Waals surface area contributed by atoms with E-state index in [0.29, 0.717) is 0 Å². The van der Waals surface area contributed by atoms with E-state index in [-0.39, 0.29) is 18.2 Å². The summed E-state index contributed by atoms with van der Waals surface area (Å²) in [5.74, 6) is 0. The SMILES string of the molecule is CC(C)(C)P(Cc1c(CP(c2ccccn2)c2ccccn2)ccc2ccccc12)C(C)(C)C. The van der Waals surface area contributed by atoms with Crippen molar-refractivity contribution in [1.29, 1.82) is 0 Å². The molecule has 0 saturated carbocycles. The van der Waals surface area contributed by atoms with Gasteiger partial charge in [0, 0.05) is 26.5 Å². The highest BCUT2D eigenvalue weighted by molar-refractivity contribution is 7.71. The second kappa shape index (κ2) is 10.2. The van der Waals surface area contributed by atoms with Gasteiger partial charge in [0.05, 0.1) is 10.9 Å². The molecule has 176 valence electrons. The number of hydrogen-bond donors (Lipinski definition) is 0. The first-order valence-corrected chi connectivity index (χ1v) is 15.1. The fraction of sp³-hybridized carbons (Fsp3) is 0.333. The van der Waals surface area contributed by atoms with Crippen molar-refractivity contribution in [2.45, 2.75) is 64.2 Å². The molecule has 4 heteroatoms. The highest BCUT2D eigenvalue weighted by atomic mass is 31.1. The Morgan fingerprint density at radius 1 is 0.618 bits per heavy atom. The van der Waals surface area contributed by atoms with Crippen LogP contribution in [0.1, 0.15) is 52.7 Å². The van der Waals surface area contributed by atoms with Crippen molar-refractivity contribution in [2.24, 2.45) is 0 Å². The molecule has 0 amide bonds. The predicted octanol–water partition coefficient (Wildman–Crippen LogP) is 7.84. The van der Waals surface area contributed by atoms with Crippen LogP contribution in [0, 0.1) is 0 Å². The minimum Gasteiger partial charge on any atom is -0.256 e. The van der Waals surface area contributed by atoms with Gasteiger partial charge in [-0.2, -0.15) is 0 Å². The van der Waals surface area contributed by atoms with E-state index in [1.54, 1.807) is 0 Å². The van der Waals surface area contributed by atoms with Crippen molar-refractivity contribution in [3.8, 4) is 0 Å². The molecule has 0 aliphatic carbocycles. The van der Waals surface area contributed by atoms with Crippen LogP contribution in [0.4, 0.5) is 0 Å². The Bertz CT molecular complexity index is 1170. The Hall–Kier alpha value is -2.14. The molecule has 2 aromatic carbocycles. The highest BCUT2D eigenvalue weighted by Crippen LogP contribution is 2.62. The van der Waals surface area contributed by atoms with Crippen molar-refractivity contribution < 1.29 is 0 Å². The lowest BCUT2D eigenvalue weighted by Gasteiger charge is -2.42. The topological polar surface area (TPSA) is 25.8 Å². The second-order valence-electron chi connectivity index (χ2n) is 10.8. The third-order valence-electron chi connectivity index (χ3n) is 6.25. The Morgan fingerprint density at radius 2 is 1.18 bits per heavy atom. The fourth-order valence-electron chi connectivity index (χ4n) is 4.83. The van der Waals surface area contributed by atoms with E-state index in [0.717, 1.165) is 23.2 Å². The van der Waals surface area contributed by atoms with Gasteiger partial charge in [-0.25, -0.2) is 0 Å². The maximum absolute atomic E-state index is 4.78. The molecular weight excluding hydrogens is 450 g/mol. The second-order valence-corrected chi connectivity index (χ2v) is 16.8. The summed E-state index contributed by atoms with van der Waals surface area (Å²) in [6, 6.07) is 26.1. The van der Waals surface area contributed by atoms with Crippen molar-refractivity contribution in [1.82, 2.24) is 9.97 Å². The summed E-state index contributed by atoms with van der Waals surface area (Å²) in [5.41, 5.74) is 5.25. The lowest BCUT2D eigenvalue weighted by atomic mass is 10.0. The quantitative estimate of drug-likeness (QED) is 0.260. The number of fused-ring (bicyclic) bond motifs is 1. The summed E-state index contributed by atoms with van der Waals surface area (Å²) < 4.78 is 0. The summed E-state index contributed by atoms with van der Waals surface area (Å²) in [5, 5.41) is 3.28. The monoisotopic (exact) mass is 486 g/mol. The maximum atomic E-state index is 4.78. The van der Waals surface area contributed by atoms with Gasteiger partial charge < -0.3 is 0 Å². The zero-order chi connectivity index (χ0) is 24.3. The van der Waals surface area contributed by atoms with E-state index in [1.165, 1.54) is 21.9 Å². The highest BCUT2D eigenvalue weighted by Gasteiger charge is 2.35. The van der Waals surface area contributed by atoms with Crippen LogP contribution in [-0.4, -0.2) is 20.3 Å². The van der Waals surface area contributed by atoms with Gasteiger partial charge in [-0.1, -0.05) is 98.0 Å². The molecule has 4 aromatic rings. The molecule has 0 unspecified atom stereocenters. The van der Waals surface area contributed by atoms with Gasteiger partial charge in [0.25, 0.3) is 0 Å². The van der Waals surface area contributed by atoms with Gasteiger partial charge in [0.2, 0.25) is 0 Å². The third kappa shape index (κ3) is 5.73. The minimum atomic E-state index is -0.695. The molecule has 0 fully saturated rings. The van der Waals surface area contributed by atoms with E-state index in [1.807, 2.05) is 24.5 Å². The Balaban J connectivity index is 1.85. The normalized spacial score (nSPS) is 12.6. The first-order chi connectivity index (χ1) is 16.1. The molecule has 0 N–H and O–H groups in total. The van der Waals surface area contributed by atoms with Crippen molar-refractivity contribution >= 4 is 37.5 Å². The molecule has 0 aliphatic heterocycles. The van der Waals surface area contributed by atoms with Crippen LogP contribution < -0.4 is 10.9 Å². The molecule has 0 bridgehead atoms. The van der Waals surface area contributed by atoms with Gasteiger partial charge in [0.15, 0.2) is 0 Å². The molecule has 0 aliphatic rings. The van der Waals surface area contributed by atoms with Gasteiger partial charge in [-0.05, 0) is 62.6 Å². The van der Waals surface area contributed by atoms with E-state index < -0.39 is 7.92 Å². The Morgan fingerprint density at radius 3 is 1.71 bits per heavy atom. The number of nitrogens with zero attached hydrogens (tertiary/aromatic N) is 2. The molecular formula is C30H36N2P2. The third-order valence-corrected chi connectivity index (χ3v) is 12.4. The number of rotatable bonds is 6.